The Bertz CT molecular complexity index is 917. The molecule has 1 N–H and O–H groups in total. The third kappa shape index (κ3) is 5.27. The lowest BCUT2D eigenvalue weighted by molar-refractivity contribution is -0.138. The fraction of sp³-hybridized carbons (Fsp3) is 0.542. The van der Waals surface area contributed by atoms with Crippen LogP contribution in [-0.4, -0.2) is 44.6 Å². The van der Waals surface area contributed by atoms with Gasteiger partial charge < -0.3 is 19.5 Å². The number of imidazole rings is 1. The first-order valence-corrected chi connectivity index (χ1v) is 11.0. The molecule has 3 atom stereocenters. The zero-order chi connectivity index (χ0) is 22.8. The number of alkyl carbamates (subject to hydrolysis) is 1. The first-order valence-electron chi connectivity index (χ1n) is 11.0. The molecule has 168 valence electrons. The van der Waals surface area contributed by atoms with Gasteiger partial charge in [-0.2, -0.15) is 0 Å². The minimum absolute atomic E-state index is 0.0197. The van der Waals surface area contributed by atoms with Crippen molar-refractivity contribution in [1.29, 1.82) is 0 Å². The summed E-state index contributed by atoms with van der Waals surface area (Å²) in [6.45, 7) is 12.6. The number of ether oxygens (including phenoxy) is 1. The van der Waals surface area contributed by atoms with E-state index in [9.17, 15) is 9.59 Å². The SMILES string of the molecule is CCC(C)C(NC(=O)OC(C)(C)C)C(=O)N1CCn2cc(-c3ccccc3)nc2C1C. The van der Waals surface area contributed by atoms with Crippen molar-refractivity contribution in [3.05, 3.63) is 42.4 Å². The maximum absolute atomic E-state index is 13.5. The molecule has 2 aromatic rings. The number of hydrogen-bond acceptors (Lipinski definition) is 4. The Morgan fingerprint density at radius 2 is 1.90 bits per heavy atom. The minimum atomic E-state index is -0.641. The highest BCUT2D eigenvalue weighted by Gasteiger charge is 2.37. The Kier molecular flexibility index (Phi) is 6.72. The monoisotopic (exact) mass is 426 g/mol. The van der Waals surface area contributed by atoms with Crippen molar-refractivity contribution in [1.82, 2.24) is 19.8 Å². The summed E-state index contributed by atoms with van der Waals surface area (Å²) in [6, 6.07) is 9.20. The number of fused-ring (bicyclic) bond motifs is 1. The predicted octanol–water partition coefficient (Wildman–Crippen LogP) is 4.39. The van der Waals surface area contributed by atoms with Crippen molar-refractivity contribution in [2.24, 2.45) is 5.92 Å². The molecular formula is C24H34N4O3. The van der Waals surface area contributed by atoms with E-state index in [1.54, 1.807) is 0 Å². The molecule has 0 saturated carbocycles. The Labute approximate surface area is 184 Å². The average Bonchev–Trinajstić information content (AvgIpc) is 3.16. The quantitative estimate of drug-likeness (QED) is 0.769. The standard InChI is InChI=1S/C24H34N4O3/c1-7-16(2)20(26-23(30)31-24(4,5)6)22(29)28-14-13-27-15-19(25-21(27)17(28)3)18-11-9-8-10-12-18/h8-12,15-17,20H,7,13-14H2,1-6H3,(H,26,30). The highest BCUT2D eigenvalue weighted by Crippen LogP contribution is 2.29. The van der Waals surface area contributed by atoms with E-state index in [1.165, 1.54) is 0 Å². The first-order chi connectivity index (χ1) is 14.6. The van der Waals surface area contributed by atoms with Crippen LogP contribution in [-0.2, 0) is 16.1 Å². The molecule has 7 heteroatoms. The fourth-order valence-corrected chi connectivity index (χ4v) is 3.84. The topological polar surface area (TPSA) is 76.5 Å². The van der Waals surface area contributed by atoms with E-state index >= 15 is 0 Å². The highest BCUT2D eigenvalue weighted by molar-refractivity contribution is 5.86. The molecule has 3 unspecified atom stereocenters. The third-order valence-corrected chi connectivity index (χ3v) is 5.73. The molecule has 0 radical (unpaired) electrons. The smallest absolute Gasteiger partial charge is 0.408 e. The van der Waals surface area contributed by atoms with Crippen LogP contribution in [0.4, 0.5) is 4.79 Å². The van der Waals surface area contributed by atoms with Crippen LogP contribution in [0.25, 0.3) is 11.3 Å². The number of nitrogens with zero attached hydrogens (tertiary/aromatic N) is 3. The van der Waals surface area contributed by atoms with E-state index in [2.05, 4.69) is 9.88 Å². The fourth-order valence-electron chi connectivity index (χ4n) is 3.84. The molecule has 1 aromatic carbocycles. The summed E-state index contributed by atoms with van der Waals surface area (Å²) in [7, 11) is 0. The zero-order valence-electron chi connectivity index (χ0n) is 19.4. The molecule has 2 amide bonds. The van der Waals surface area contributed by atoms with Gasteiger partial charge in [0.15, 0.2) is 0 Å². The molecule has 2 heterocycles. The van der Waals surface area contributed by atoms with E-state index in [0.717, 1.165) is 23.5 Å². The van der Waals surface area contributed by atoms with E-state index in [-0.39, 0.29) is 17.9 Å². The van der Waals surface area contributed by atoms with Crippen molar-refractivity contribution in [2.45, 2.75) is 72.2 Å². The normalized spacial score (nSPS) is 18.1. The number of carbonyl (C=O) groups excluding carboxylic acids is 2. The number of amides is 2. The van der Waals surface area contributed by atoms with Crippen LogP contribution < -0.4 is 5.32 Å². The number of hydrogen-bond donors (Lipinski definition) is 1. The summed E-state index contributed by atoms with van der Waals surface area (Å²) < 4.78 is 7.52. The summed E-state index contributed by atoms with van der Waals surface area (Å²) in [5.41, 5.74) is 1.34. The third-order valence-electron chi connectivity index (χ3n) is 5.73. The second-order valence-electron chi connectivity index (χ2n) is 9.26. The molecule has 31 heavy (non-hydrogen) atoms. The van der Waals surface area contributed by atoms with Gasteiger partial charge in [-0.25, -0.2) is 9.78 Å². The second-order valence-corrected chi connectivity index (χ2v) is 9.26. The van der Waals surface area contributed by atoms with Crippen molar-refractivity contribution in [3.8, 4) is 11.3 Å². The van der Waals surface area contributed by atoms with Gasteiger partial charge >= 0.3 is 6.09 Å². The molecule has 0 fully saturated rings. The van der Waals surface area contributed by atoms with Gasteiger partial charge in [0.05, 0.1) is 11.7 Å². The molecule has 0 spiro atoms. The van der Waals surface area contributed by atoms with Gasteiger partial charge in [-0.05, 0) is 33.6 Å². The molecule has 1 aromatic heterocycles. The van der Waals surface area contributed by atoms with Crippen molar-refractivity contribution in [2.75, 3.05) is 6.54 Å². The van der Waals surface area contributed by atoms with Crippen LogP contribution in [0, 0.1) is 5.92 Å². The van der Waals surface area contributed by atoms with Gasteiger partial charge in [0, 0.05) is 24.8 Å². The molecule has 7 nitrogen and oxygen atoms in total. The number of rotatable bonds is 5. The number of carbonyl (C=O) groups is 2. The van der Waals surface area contributed by atoms with Gasteiger partial charge in [-0.3, -0.25) is 4.79 Å². The zero-order valence-corrected chi connectivity index (χ0v) is 19.4. The number of nitrogens with one attached hydrogen (secondary N) is 1. The van der Waals surface area contributed by atoms with Crippen LogP contribution in [0.5, 0.6) is 0 Å². The summed E-state index contributed by atoms with van der Waals surface area (Å²) in [5, 5.41) is 2.82. The molecular weight excluding hydrogens is 392 g/mol. The Balaban J connectivity index is 1.80. The Morgan fingerprint density at radius 3 is 2.52 bits per heavy atom. The lowest BCUT2D eigenvalue weighted by Crippen LogP contribution is -2.54. The van der Waals surface area contributed by atoms with Gasteiger partial charge in [-0.1, -0.05) is 50.6 Å². The maximum Gasteiger partial charge on any atom is 0.408 e. The van der Waals surface area contributed by atoms with Crippen molar-refractivity contribution < 1.29 is 14.3 Å². The van der Waals surface area contributed by atoms with Crippen molar-refractivity contribution >= 4 is 12.0 Å². The number of benzene rings is 1. The van der Waals surface area contributed by atoms with Crippen LogP contribution >= 0.6 is 0 Å². The molecule has 0 saturated heterocycles. The lowest BCUT2D eigenvalue weighted by Gasteiger charge is -2.37. The molecule has 3 rings (SSSR count). The summed E-state index contributed by atoms with van der Waals surface area (Å²) in [5.74, 6) is 0.746. The van der Waals surface area contributed by atoms with E-state index in [4.69, 9.17) is 9.72 Å². The van der Waals surface area contributed by atoms with Crippen LogP contribution in [0.1, 0.15) is 59.8 Å². The summed E-state index contributed by atoms with van der Waals surface area (Å²) in [6.07, 6.45) is 2.25. The largest absolute Gasteiger partial charge is 0.444 e. The maximum atomic E-state index is 13.5. The number of aromatic nitrogens is 2. The Morgan fingerprint density at radius 1 is 1.23 bits per heavy atom. The minimum Gasteiger partial charge on any atom is -0.444 e. The van der Waals surface area contributed by atoms with Gasteiger partial charge in [-0.15, -0.1) is 0 Å². The van der Waals surface area contributed by atoms with Gasteiger partial charge in [0.2, 0.25) is 5.91 Å². The molecule has 1 aliphatic rings. The summed E-state index contributed by atoms with van der Waals surface area (Å²) in [4.78, 5) is 32.6. The van der Waals surface area contributed by atoms with Gasteiger partial charge in [0.25, 0.3) is 0 Å². The predicted molar refractivity (Wildman–Crippen MR) is 120 cm³/mol. The van der Waals surface area contributed by atoms with E-state index in [0.29, 0.717) is 13.1 Å². The van der Waals surface area contributed by atoms with Crippen molar-refractivity contribution in [3.63, 3.8) is 0 Å². The molecule has 0 bridgehead atoms. The van der Waals surface area contributed by atoms with E-state index in [1.807, 2.05) is 83.0 Å². The van der Waals surface area contributed by atoms with Crippen LogP contribution in [0.3, 0.4) is 0 Å². The summed E-state index contributed by atoms with van der Waals surface area (Å²) >= 11 is 0. The Hall–Kier alpha value is -2.83. The van der Waals surface area contributed by atoms with Crippen LogP contribution in [0.15, 0.2) is 36.5 Å². The van der Waals surface area contributed by atoms with E-state index < -0.39 is 17.7 Å². The van der Waals surface area contributed by atoms with Crippen LogP contribution in [0.2, 0.25) is 0 Å². The second kappa shape index (κ2) is 9.12. The lowest BCUT2D eigenvalue weighted by atomic mass is 9.97. The van der Waals surface area contributed by atoms with Gasteiger partial charge in [0.1, 0.15) is 17.5 Å². The highest BCUT2D eigenvalue weighted by atomic mass is 16.6. The molecule has 0 aliphatic carbocycles. The molecule has 1 aliphatic heterocycles. The average molecular weight is 427 g/mol. The first kappa shape index (κ1) is 22.8.